The topological polar surface area (TPSA) is 185 Å². The first-order valence-corrected chi connectivity index (χ1v) is 19.7. The molecule has 3 aromatic rings. The highest BCUT2D eigenvalue weighted by Gasteiger charge is 2.21. The average molecular weight is 803 g/mol. The normalized spacial score (nSPS) is 15.0. The Balaban J connectivity index is 1.35. The van der Waals surface area contributed by atoms with Crippen LogP contribution in [-0.2, 0) is 32.4 Å². The summed E-state index contributed by atoms with van der Waals surface area (Å²) in [7, 11) is 1.81. The summed E-state index contributed by atoms with van der Waals surface area (Å²) in [4.78, 5) is 70.3. The van der Waals surface area contributed by atoms with Crippen molar-refractivity contribution in [3.05, 3.63) is 95.6 Å². The van der Waals surface area contributed by atoms with Gasteiger partial charge < -0.3 is 40.6 Å². The molecule has 3 aromatic carbocycles. The molecule has 3 amide bonds. The van der Waals surface area contributed by atoms with Gasteiger partial charge in [-0.05, 0) is 30.3 Å². The van der Waals surface area contributed by atoms with Crippen molar-refractivity contribution < 1.29 is 38.6 Å². The van der Waals surface area contributed by atoms with Crippen molar-refractivity contribution in [1.82, 2.24) is 40.9 Å². The fourth-order valence-corrected chi connectivity index (χ4v) is 6.27. The molecule has 4 rings (SSSR count). The molecule has 0 radical (unpaired) electrons. The van der Waals surface area contributed by atoms with E-state index in [-0.39, 0.29) is 63.6 Å². The predicted octanol–water partition coefficient (Wildman–Crippen LogP) is 0.531. The number of ether oxygens (including phenoxy) is 2. The number of nitrogens with one attached hydrogen (secondary N) is 4. The number of para-hydroxylation sites is 1. The van der Waals surface area contributed by atoms with E-state index < -0.39 is 5.97 Å². The van der Waals surface area contributed by atoms with Crippen LogP contribution in [0.2, 0.25) is 0 Å². The number of nitrogens with zero attached hydrogens (tertiary/aromatic N) is 4. The number of carbonyl (C=O) groups is 5. The standard InChI is InChI=1S/C42H58N8O8/c1-43-15-16-44-38(52)29-49-24-23-48(21-19-47(27-28-51)20-22-50(26-25-49)31-40(54)55)30-39(53)45-17-18-46-42(56)36-13-8-14-37(57-32-34-9-4-2-5-10-34)41(36)58-33-35-11-6-3-7-12-35/h2-14,28,43H,15-27,29-33H2,1H3,(H,44,52)(H,45,53)(H,46,56)(H,54,55). The molecule has 0 aliphatic carbocycles. The van der Waals surface area contributed by atoms with Crippen LogP contribution in [0.1, 0.15) is 21.5 Å². The fourth-order valence-electron chi connectivity index (χ4n) is 6.27. The molecule has 1 aliphatic rings. The van der Waals surface area contributed by atoms with Gasteiger partial charge in [0.1, 0.15) is 19.5 Å². The maximum Gasteiger partial charge on any atom is 0.317 e. The SMILES string of the molecule is CNCCNC(=O)CN1CCN(CC(=O)O)CCN(CC=O)CCN(CC(=O)NCCNC(=O)c2cccc(OCc3ccccc3)c2OCc2ccccc2)CC1. The summed E-state index contributed by atoms with van der Waals surface area (Å²) < 4.78 is 12.3. The molecule has 0 saturated carbocycles. The third-order valence-electron chi connectivity index (χ3n) is 9.47. The van der Waals surface area contributed by atoms with E-state index in [0.717, 1.165) is 17.4 Å². The highest BCUT2D eigenvalue weighted by molar-refractivity contribution is 5.97. The minimum absolute atomic E-state index is 0.0640. The number of hydrogen-bond acceptors (Lipinski definition) is 12. The molecule has 0 bridgehead atoms. The van der Waals surface area contributed by atoms with Gasteiger partial charge in [0.2, 0.25) is 11.8 Å². The van der Waals surface area contributed by atoms with Crippen LogP contribution in [0.4, 0.5) is 0 Å². The fraction of sp³-hybridized carbons (Fsp3) is 0.452. The summed E-state index contributed by atoms with van der Waals surface area (Å²) in [6.45, 7) is 5.82. The second-order valence-corrected chi connectivity index (χ2v) is 13.9. The van der Waals surface area contributed by atoms with Crippen molar-refractivity contribution in [2.24, 2.45) is 0 Å². The van der Waals surface area contributed by atoms with Crippen LogP contribution in [0.15, 0.2) is 78.9 Å². The van der Waals surface area contributed by atoms with E-state index >= 15 is 0 Å². The maximum absolute atomic E-state index is 13.5. The largest absolute Gasteiger partial charge is 0.485 e. The highest BCUT2D eigenvalue weighted by Crippen LogP contribution is 2.33. The quantitative estimate of drug-likeness (QED) is 0.0744. The van der Waals surface area contributed by atoms with E-state index in [2.05, 4.69) is 21.3 Å². The molecule has 0 aromatic heterocycles. The second kappa shape index (κ2) is 25.8. The summed E-state index contributed by atoms with van der Waals surface area (Å²) in [5.41, 5.74) is 2.21. The molecule has 314 valence electrons. The molecular weight excluding hydrogens is 745 g/mol. The van der Waals surface area contributed by atoms with E-state index in [1.165, 1.54) is 0 Å². The monoisotopic (exact) mass is 802 g/mol. The van der Waals surface area contributed by atoms with Crippen LogP contribution in [-0.4, -0.2) is 166 Å². The van der Waals surface area contributed by atoms with Gasteiger partial charge in [-0.3, -0.25) is 38.8 Å². The van der Waals surface area contributed by atoms with Crippen LogP contribution < -0.4 is 30.7 Å². The summed E-state index contributed by atoms with van der Waals surface area (Å²) >= 11 is 0. The van der Waals surface area contributed by atoms with Gasteiger partial charge in [-0.1, -0.05) is 66.7 Å². The molecule has 1 fully saturated rings. The Bertz CT molecular complexity index is 1720. The third-order valence-corrected chi connectivity index (χ3v) is 9.47. The van der Waals surface area contributed by atoms with Crippen LogP contribution in [0.5, 0.6) is 11.5 Å². The predicted molar refractivity (Wildman–Crippen MR) is 220 cm³/mol. The van der Waals surface area contributed by atoms with Gasteiger partial charge in [0.05, 0.1) is 31.7 Å². The number of benzene rings is 3. The van der Waals surface area contributed by atoms with Crippen LogP contribution >= 0.6 is 0 Å². The molecule has 1 heterocycles. The van der Waals surface area contributed by atoms with Crippen LogP contribution in [0, 0.1) is 0 Å². The summed E-state index contributed by atoms with van der Waals surface area (Å²) in [5.74, 6) is -0.950. The Morgan fingerprint density at radius 3 is 1.60 bits per heavy atom. The van der Waals surface area contributed by atoms with Gasteiger partial charge in [0.25, 0.3) is 5.91 Å². The van der Waals surface area contributed by atoms with E-state index in [1.807, 2.05) is 80.3 Å². The molecule has 1 aliphatic heterocycles. The number of carboxylic acids is 1. The van der Waals surface area contributed by atoms with Gasteiger partial charge in [-0.15, -0.1) is 0 Å². The molecule has 16 heteroatoms. The lowest BCUT2D eigenvalue weighted by atomic mass is 10.1. The lowest BCUT2D eigenvalue weighted by molar-refractivity contribution is -0.138. The van der Waals surface area contributed by atoms with E-state index in [9.17, 15) is 29.1 Å². The molecule has 16 nitrogen and oxygen atoms in total. The molecule has 1 saturated heterocycles. The zero-order chi connectivity index (χ0) is 41.4. The second-order valence-electron chi connectivity index (χ2n) is 13.9. The first kappa shape index (κ1) is 45.3. The van der Waals surface area contributed by atoms with Gasteiger partial charge in [-0.25, -0.2) is 0 Å². The van der Waals surface area contributed by atoms with Crippen molar-refractivity contribution in [1.29, 1.82) is 0 Å². The van der Waals surface area contributed by atoms with Gasteiger partial charge >= 0.3 is 5.97 Å². The zero-order valence-electron chi connectivity index (χ0n) is 33.4. The summed E-state index contributed by atoms with van der Waals surface area (Å²) in [6, 6.07) is 24.5. The first-order valence-electron chi connectivity index (χ1n) is 19.7. The number of likely N-dealkylation sites (N-methyl/N-ethyl adjacent to an activating group) is 1. The Kier molecular flexibility index (Phi) is 20.1. The van der Waals surface area contributed by atoms with Gasteiger partial charge in [-0.2, -0.15) is 0 Å². The van der Waals surface area contributed by atoms with Gasteiger partial charge in [0, 0.05) is 78.5 Å². The minimum atomic E-state index is -0.946. The number of rotatable bonds is 21. The Labute approximate surface area is 340 Å². The highest BCUT2D eigenvalue weighted by atomic mass is 16.5. The number of hydrogen-bond donors (Lipinski definition) is 5. The van der Waals surface area contributed by atoms with E-state index in [1.54, 1.807) is 25.2 Å². The van der Waals surface area contributed by atoms with Gasteiger partial charge in [0.15, 0.2) is 11.5 Å². The molecule has 58 heavy (non-hydrogen) atoms. The third kappa shape index (κ3) is 17.0. The summed E-state index contributed by atoms with van der Waals surface area (Å²) in [5, 5.41) is 21.2. The van der Waals surface area contributed by atoms with Crippen molar-refractivity contribution >= 4 is 30.0 Å². The molecule has 0 atom stereocenters. The maximum atomic E-state index is 13.5. The van der Waals surface area contributed by atoms with E-state index in [0.29, 0.717) is 89.1 Å². The number of carbonyl (C=O) groups excluding carboxylic acids is 4. The lowest BCUT2D eigenvalue weighted by Crippen LogP contribution is -2.50. The molecule has 0 unspecified atom stereocenters. The van der Waals surface area contributed by atoms with Crippen molar-refractivity contribution in [3.8, 4) is 11.5 Å². The van der Waals surface area contributed by atoms with Crippen molar-refractivity contribution in [3.63, 3.8) is 0 Å². The Hall–Kier alpha value is -5.39. The Morgan fingerprint density at radius 2 is 1.09 bits per heavy atom. The smallest absolute Gasteiger partial charge is 0.317 e. The number of aliphatic carboxylic acids is 1. The summed E-state index contributed by atoms with van der Waals surface area (Å²) in [6.07, 6.45) is 0.819. The molecular formula is C42H58N8O8. The first-order chi connectivity index (χ1) is 28.2. The van der Waals surface area contributed by atoms with Crippen molar-refractivity contribution in [2.45, 2.75) is 13.2 Å². The number of carboxylic acid groups (broad SMARTS) is 1. The average Bonchev–Trinajstić information content (AvgIpc) is 3.22. The number of aldehydes is 1. The van der Waals surface area contributed by atoms with Crippen LogP contribution in [0.3, 0.4) is 0 Å². The lowest BCUT2D eigenvalue weighted by Gasteiger charge is -2.33. The number of amides is 3. The molecule has 0 spiro atoms. The van der Waals surface area contributed by atoms with E-state index in [4.69, 9.17) is 9.47 Å². The Morgan fingerprint density at radius 1 is 0.603 bits per heavy atom. The zero-order valence-corrected chi connectivity index (χ0v) is 33.4. The van der Waals surface area contributed by atoms with Crippen molar-refractivity contribution in [2.75, 3.05) is 112 Å². The van der Waals surface area contributed by atoms with Crippen LogP contribution in [0.25, 0.3) is 0 Å². The minimum Gasteiger partial charge on any atom is -0.485 e. The molecule has 5 N–H and O–H groups in total.